The van der Waals surface area contributed by atoms with E-state index in [0.717, 1.165) is 22.3 Å². The Morgan fingerprint density at radius 1 is 0.536 bits per heavy atom. The smallest absolute Gasteiger partial charge is 0.305 e. The van der Waals surface area contributed by atoms with Gasteiger partial charge < -0.3 is 56.8 Å². The summed E-state index contributed by atoms with van der Waals surface area (Å²) >= 11 is 0. The molecule has 0 unspecified atom stereocenters. The van der Waals surface area contributed by atoms with Crippen LogP contribution in [0.15, 0.2) is 134 Å². The fraction of sp³-hybridized carbons (Fsp3) is 0.463. The van der Waals surface area contributed by atoms with Crippen molar-refractivity contribution in [3.63, 3.8) is 0 Å². The summed E-state index contributed by atoms with van der Waals surface area (Å²) in [5, 5.41) is 0. The normalized spacial score (nSPS) is 24.5. The highest BCUT2D eigenvalue weighted by Crippen LogP contribution is 2.36. The Morgan fingerprint density at radius 2 is 1.04 bits per heavy atom. The van der Waals surface area contributed by atoms with Crippen LogP contribution in [0.1, 0.15) is 61.8 Å². The van der Waals surface area contributed by atoms with E-state index < -0.39 is 73.4 Å². The van der Waals surface area contributed by atoms with Gasteiger partial charge in [-0.2, -0.15) is 0 Å². The van der Waals surface area contributed by atoms with Crippen LogP contribution in [0.4, 0.5) is 0 Å². The van der Waals surface area contributed by atoms with Crippen molar-refractivity contribution in [1.29, 1.82) is 0 Å². The van der Waals surface area contributed by atoms with Crippen molar-refractivity contribution in [3.05, 3.63) is 156 Å². The summed E-state index contributed by atoms with van der Waals surface area (Å²) < 4.78 is 77.0. The molecule has 10 atom stereocenters. The molecule has 2 aliphatic heterocycles. The molecule has 0 radical (unpaired) electrons. The van der Waals surface area contributed by atoms with Crippen LogP contribution in [-0.2, 0) is 97.7 Å². The minimum absolute atomic E-state index is 0.0642. The van der Waals surface area contributed by atoms with Crippen molar-refractivity contribution in [1.82, 2.24) is 0 Å². The van der Waals surface area contributed by atoms with E-state index in [-0.39, 0.29) is 58.6 Å². The second-order valence-electron chi connectivity index (χ2n) is 16.7. The summed E-state index contributed by atoms with van der Waals surface area (Å²) in [5.74, 6) is -1.49. The Morgan fingerprint density at radius 3 is 1.57 bits per heavy atom. The third kappa shape index (κ3) is 17.2. The first-order valence-electron chi connectivity index (χ1n) is 23.5. The van der Waals surface area contributed by atoms with Crippen LogP contribution in [0.5, 0.6) is 0 Å². The van der Waals surface area contributed by atoms with Gasteiger partial charge in [0, 0.05) is 26.9 Å². The summed E-state index contributed by atoms with van der Waals surface area (Å²) in [4.78, 5) is 37.0. The molecule has 15 nitrogen and oxygen atoms in total. The molecule has 0 amide bonds. The van der Waals surface area contributed by atoms with Gasteiger partial charge in [-0.1, -0.05) is 134 Å². The maximum Gasteiger partial charge on any atom is 0.305 e. The lowest BCUT2D eigenvalue weighted by Crippen LogP contribution is -2.66. The predicted octanol–water partition coefficient (Wildman–Crippen LogP) is 7.61. The number of carbonyl (C=O) groups excluding carboxylic acids is 3. The van der Waals surface area contributed by atoms with E-state index in [4.69, 9.17) is 56.8 Å². The monoisotopic (exact) mass is 954 g/mol. The Kier molecular flexibility index (Phi) is 22.3. The van der Waals surface area contributed by atoms with Crippen LogP contribution in [-0.4, -0.2) is 113 Å². The van der Waals surface area contributed by atoms with Gasteiger partial charge in [-0.3, -0.25) is 14.4 Å². The molecule has 2 heterocycles. The van der Waals surface area contributed by atoms with Crippen molar-refractivity contribution in [2.75, 3.05) is 33.5 Å². The van der Waals surface area contributed by atoms with E-state index in [1.54, 1.807) is 6.08 Å². The standard InChI is InChI=1S/C54H66O15/c1-5-30-60-51-49(64-34-42-25-15-8-16-26-42)47(63-33-41-23-13-7-14-24-41)44(36-59-32-40-21-11-6-12-22-40)68-54(51)69-52-50(65-35-43-27-17-9-18-28-43)48(66-39(3)56)45(37-62-38(2)55)67-53(52)61-31-20-10-19-29-46(57)58-4/h5-9,11-18,21-28,44-45,47-54H,1,10,19-20,29-37H2,2-4H3/t44-,45-,47-,48-,49+,50+,51-,52-,53+,54-/m1/s1. The van der Waals surface area contributed by atoms with Gasteiger partial charge in [0.2, 0.25) is 0 Å². The number of esters is 3. The zero-order valence-electron chi connectivity index (χ0n) is 39.7. The van der Waals surface area contributed by atoms with Gasteiger partial charge in [-0.15, -0.1) is 6.58 Å². The Hall–Kier alpha value is -5.33. The van der Waals surface area contributed by atoms with E-state index in [1.165, 1.54) is 21.0 Å². The highest BCUT2D eigenvalue weighted by Gasteiger charge is 2.55. The average molecular weight is 955 g/mol. The first kappa shape index (κ1) is 53.0. The second-order valence-corrected chi connectivity index (χ2v) is 16.7. The minimum Gasteiger partial charge on any atom is -0.469 e. The van der Waals surface area contributed by atoms with Crippen molar-refractivity contribution < 1.29 is 71.2 Å². The first-order valence-corrected chi connectivity index (χ1v) is 23.5. The van der Waals surface area contributed by atoms with Crippen LogP contribution in [0.3, 0.4) is 0 Å². The van der Waals surface area contributed by atoms with Gasteiger partial charge in [0.25, 0.3) is 0 Å². The van der Waals surface area contributed by atoms with Crippen LogP contribution >= 0.6 is 0 Å². The largest absolute Gasteiger partial charge is 0.469 e. The minimum atomic E-state index is -1.24. The van der Waals surface area contributed by atoms with E-state index >= 15 is 0 Å². The van der Waals surface area contributed by atoms with Crippen LogP contribution in [0.2, 0.25) is 0 Å². The van der Waals surface area contributed by atoms with Gasteiger partial charge in [0.05, 0.1) is 46.8 Å². The first-order chi connectivity index (χ1) is 33.7. The fourth-order valence-electron chi connectivity index (χ4n) is 8.05. The molecule has 0 bridgehead atoms. The molecule has 0 saturated carbocycles. The Balaban J connectivity index is 1.39. The SMILES string of the molecule is C=CCO[C@H]1[C@@H](O[C@H]2[C@@H](OCCCCCC(=O)OC)O[C@H](COC(C)=O)[C@@H](OC(C)=O)[C@@H]2OCc2ccccc2)O[C@H](COCc2ccccc2)[C@@H](OCc2ccccc2)[C@@H]1OCc1ccccc1. The highest BCUT2D eigenvalue weighted by molar-refractivity contribution is 5.69. The number of methoxy groups -OCH3 is 1. The summed E-state index contributed by atoms with van der Waals surface area (Å²) in [7, 11) is 1.36. The van der Waals surface area contributed by atoms with Crippen LogP contribution in [0.25, 0.3) is 0 Å². The van der Waals surface area contributed by atoms with E-state index in [9.17, 15) is 14.4 Å². The average Bonchev–Trinajstić information content (AvgIpc) is 3.36. The van der Waals surface area contributed by atoms with E-state index in [2.05, 4.69) is 6.58 Å². The molecule has 6 rings (SSSR count). The number of rotatable bonds is 28. The Labute approximate surface area is 405 Å². The third-order valence-electron chi connectivity index (χ3n) is 11.4. The fourth-order valence-corrected chi connectivity index (χ4v) is 8.05. The van der Waals surface area contributed by atoms with Gasteiger partial charge in [-0.25, -0.2) is 0 Å². The zero-order chi connectivity index (χ0) is 48.6. The van der Waals surface area contributed by atoms with Crippen molar-refractivity contribution in [2.24, 2.45) is 0 Å². The molecule has 2 saturated heterocycles. The summed E-state index contributed by atoms with van der Waals surface area (Å²) in [6.45, 7) is 7.30. The van der Waals surface area contributed by atoms with E-state index in [1.807, 2.05) is 121 Å². The van der Waals surface area contributed by atoms with Crippen LogP contribution in [0, 0.1) is 0 Å². The second kappa shape index (κ2) is 29.0. The summed E-state index contributed by atoms with van der Waals surface area (Å²) in [6, 6.07) is 38.8. The topological polar surface area (TPSA) is 162 Å². The van der Waals surface area contributed by atoms with Gasteiger partial charge in [-0.05, 0) is 35.1 Å². The third-order valence-corrected chi connectivity index (χ3v) is 11.4. The van der Waals surface area contributed by atoms with E-state index in [0.29, 0.717) is 25.9 Å². The molecule has 0 spiro atoms. The zero-order valence-corrected chi connectivity index (χ0v) is 39.7. The number of ether oxygens (including phenoxy) is 12. The lowest BCUT2D eigenvalue weighted by molar-refractivity contribution is -0.379. The summed E-state index contributed by atoms with van der Waals surface area (Å²) in [5.41, 5.74) is 3.65. The number of unbranched alkanes of at least 4 members (excludes halogenated alkanes) is 2. The van der Waals surface area contributed by atoms with Crippen molar-refractivity contribution in [2.45, 2.75) is 127 Å². The molecule has 4 aromatic carbocycles. The molecule has 69 heavy (non-hydrogen) atoms. The molecule has 372 valence electrons. The predicted molar refractivity (Wildman–Crippen MR) is 252 cm³/mol. The number of hydrogen-bond acceptors (Lipinski definition) is 15. The number of carbonyl (C=O) groups is 3. The number of hydrogen-bond donors (Lipinski definition) is 0. The number of benzene rings is 4. The van der Waals surface area contributed by atoms with Crippen molar-refractivity contribution >= 4 is 17.9 Å². The Bertz CT molecular complexity index is 2090. The summed E-state index contributed by atoms with van der Waals surface area (Å²) in [6.07, 6.45) is -6.63. The van der Waals surface area contributed by atoms with Crippen molar-refractivity contribution in [3.8, 4) is 0 Å². The maximum absolute atomic E-state index is 12.9. The molecule has 4 aromatic rings. The molecule has 15 heteroatoms. The molecule has 0 N–H and O–H groups in total. The molecular formula is C54H66O15. The molecular weight excluding hydrogens is 889 g/mol. The molecule has 2 aliphatic rings. The molecule has 0 aliphatic carbocycles. The van der Waals surface area contributed by atoms with Gasteiger partial charge in [0.1, 0.15) is 49.3 Å². The van der Waals surface area contributed by atoms with Crippen LogP contribution < -0.4 is 0 Å². The molecule has 0 aromatic heterocycles. The molecule has 2 fully saturated rings. The van der Waals surface area contributed by atoms with Gasteiger partial charge >= 0.3 is 17.9 Å². The maximum atomic E-state index is 12.9. The highest BCUT2D eigenvalue weighted by atomic mass is 16.8. The lowest BCUT2D eigenvalue weighted by atomic mass is 9.96. The van der Waals surface area contributed by atoms with Gasteiger partial charge in [0.15, 0.2) is 18.7 Å². The lowest BCUT2D eigenvalue weighted by Gasteiger charge is -2.49. The quantitative estimate of drug-likeness (QED) is 0.0237.